The Morgan fingerprint density at radius 2 is 2.04 bits per heavy atom. The molecule has 5 heteroatoms. The number of rotatable bonds is 4. The van der Waals surface area contributed by atoms with Gasteiger partial charge in [-0.05, 0) is 49.4 Å². The van der Waals surface area contributed by atoms with Gasteiger partial charge in [-0.3, -0.25) is 4.79 Å². The van der Waals surface area contributed by atoms with Gasteiger partial charge in [0.2, 0.25) is 0 Å². The SMILES string of the molecule is CCn1ccc2cc(NC(=O)c3cc(F)ccc3OC)ccc21. The van der Waals surface area contributed by atoms with Crippen LogP contribution in [0.15, 0.2) is 48.7 Å². The summed E-state index contributed by atoms with van der Waals surface area (Å²) in [5.41, 5.74) is 1.93. The van der Waals surface area contributed by atoms with E-state index in [4.69, 9.17) is 4.74 Å². The fourth-order valence-corrected chi connectivity index (χ4v) is 2.61. The number of anilines is 1. The van der Waals surface area contributed by atoms with Gasteiger partial charge in [-0.1, -0.05) is 0 Å². The van der Waals surface area contributed by atoms with E-state index in [1.54, 1.807) is 0 Å². The lowest BCUT2D eigenvalue weighted by Gasteiger charge is -2.10. The number of carbonyl (C=O) groups is 1. The summed E-state index contributed by atoms with van der Waals surface area (Å²) in [4.78, 5) is 12.4. The van der Waals surface area contributed by atoms with Gasteiger partial charge in [0, 0.05) is 29.3 Å². The highest BCUT2D eigenvalue weighted by molar-refractivity contribution is 6.07. The Kier molecular flexibility index (Phi) is 4.02. The average Bonchev–Trinajstić information content (AvgIpc) is 2.97. The summed E-state index contributed by atoms with van der Waals surface area (Å²) in [5, 5.41) is 3.82. The third-order valence-corrected chi connectivity index (χ3v) is 3.78. The number of hydrogen-bond acceptors (Lipinski definition) is 2. The van der Waals surface area contributed by atoms with Crippen molar-refractivity contribution in [1.29, 1.82) is 0 Å². The third kappa shape index (κ3) is 2.90. The number of hydrogen-bond donors (Lipinski definition) is 1. The number of amides is 1. The molecule has 0 bridgehead atoms. The molecule has 3 aromatic rings. The molecule has 4 nitrogen and oxygen atoms in total. The van der Waals surface area contributed by atoms with Gasteiger partial charge in [0.05, 0.1) is 12.7 Å². The number of methoxy groups -OCH3 is 1. The lowest BCUT2D eigenvalue weighted by Crippen LogP contribution is -2.13. The van der Waals surface area contributed by atoms with Gasteiger partial charge in [0.1, 0.15) is 11.6 Å². The van der Waals surface area contributed by atoms with E-state index < -0.39 is 11.7 Å². The fourth-order valence-electron chi connectivity index (χ4n) is 2.61. The van der Waals surface area contributed by atoms with Gasteiger partial charge in [-0.25, -0.2) is 4.39 Å². The van der Waals surface area contributed by atoms with Crippen molar-refractivity contribution in [3.8, 4) is 5.75 Å². The molecule has 1 aromatic heterocycles. The second-order valence-corrected chi connectivity index (χ2v) is 5.17. The number of halogens is 1. The first-order valence-corrected chi connectivity index (χ1v) is 7.36. The first kappa shape index (κ1) is 15.1. The molecule has 0 atom stereocenters. The molecule has 0 spiro atoms. The van der Waals surface area contributed by atoms with E-state index in [1.165, 1.54) is 25.3 Å². The van der Waals surface area contributed by atoms with Crippen LogP contribution < -0.4 is 10.1 Å². The molecule has 0 aliphatic heterocycles. The molecule has 2 aromatic carbocycles. The minimum Gasteiger partial charge on any atom is -0.496 e. The Labute approximate surface area is 133 Å². The number of ether oxygens (including phenoxy) is 1. The van der Waals surface area contributed by atoms with Crippen LogP contribution >= 0.6 is 0 Å². The normalized spacial score (nSPS) is 10.7. The van der Waals surface area contributed by atoms with Crippen molar-refractivity contribution in [2.45, 2.75) is 13.5 Å². The van der Waals surface area contributed by atoms with Crippen LogP contribution in [0.4, 0.5) is 10.1 Å². The average molecular weight is 312 g/mol. The smallest absolute Gasteiger partial charge is 0.259 e. The molecule has 0 unspecified atom stereocenters. The van der Waals surface area contributed by atoms with E-state index in [0.717, 1.165) is 17.4 Å². The first-order chi connectivity index (χ1) is 11.1. The maximum absolute atomic E-state index is 13.4. The van der Waals surface area contributed by atoms with Crippen LogP contribution in [0.1, 0.15) is 17.3 Å². The van der Waals surface area contributed by atoms with Crippen molar-refractivity contribution in [3.63, 3.8) is 0 Å². The number of benzene rings is 2. The minimum absolute atomic E-state index is 0.165. The number of nitrogens with zero attached hydrogens (tertiary/aromatic N) is 1. The summed E-state index contributed by atoms with van der Waals surface area (Å²) in [6.45, 7) is 2.96. The summed E-state index contributed by atoms with van der Waals surface area (Å²) < 4.78 is 20.6. The lowest BCUT2D eigenvalue weighted by molar-refractivity contribution is 0.102. The number of carbonyl (C=O) groups excluding carboxylic acids is 1. The van der Waals surface area contributed by atoms with Gasteiger partial charge < -0.3 is 14.6 Å². The molecule has 1 N–H and O–H groups in total. The molecule has 0 radical (unpaired) electrons. The van der Waals surface area contributed by atoms with Crippen molar-refractivity contribution in [2.75, 3.05) is 12.4 Å². The second-order valence-electron chi connectivity index (χ2n) is 5.17. The van der Waals surface area contributed by atoms with E-state index in [-0.39, 0.29) is 5.56 Å². The topological polar surface area (TPSA) is 43.3 Å². The van der Waals surface area contributed by atoms with Crippen LogP contribution in [-0.4, -0.2) is 17.6 Å². The maximum atomic E-state index is 13.4. The van der Waals surface area contributed by atoms with Crippen LogP contribution in [-0.2, 0) is 6.54 Å². The minimum atomic E-state index is -0.480. The highest BCUT2D eigenvalue weighted by Gasteiger charge is 2.14. The molecule has 1 heterocycles. The van der Waals surface area contributed by atoms with Crippen molar-refractivity contribution in [1.82, 2.24) is 4.57 Å². The molecule has 23 heavy (non-hydrogen) atoms. The van der Waals surface area contributed by atoms with Gasteiger partial charge in [0.25, 0.3) is 5.91 Å². The van der Waals surface area contributed by atoms with Crippen LogP contribution in [0, 0.1) is 5.82 Å². The Morgan fingerprint density at radius 3 is 2.78 bits per heavy atom. The zero-order chi connectivity index (χ0) is 16.4. The van der Waals surface area contributed by atoms with E-state index in [2.05, 4.69) is 16.8 Å². The van der Waals surface area contributed by atoms with E-state index in [1.807, 2.05) is 30.5 Å². The second kappa shape index (κ2) is 6.12. The van der Waals surface area contributed by atoms with E-state index in [0.29, 0.717) is 11.4 Å². The monoisotopic (exact) mass is 312 g/mol. The zero-order valence-corrected chi connectivity index (χ0v) is 13.0. The third-order valence-electron chi connectivity index (χ3n) is 3.78. The lowest BCUT2D eigenvalue weighted by atomic mass is 10.1. The molecule has 118 valence electrons. The quantitative estimate of drug-likeness (QED) is 0.789. The first-order valence-electron chi connectivity index (χ1n) is 7.36. The number of aromatic nitrogens is 1. The predicted octanol–water partition coefficient (Wildman–Crippen LogP) is 4.06. The Balaban J connectivity index is 1.89. The number of aryl methyl sites for hydroxylation is 1. The molecule has 3 rings (SSSR count). The summed E-state index contributed by atoms with van der Waals surface area (Å²) in [6, 6.07) is 11.5. The molecule has 0 saturated heterocycles. The van der Waals surface area contributed by atoms with Crippen molar-refractivity contribution in [3.05, 3.63) is 60.0 Å². The fraction of sp³-hybridized carbons (Fsp3) is 0.167. The summed E-state index contributed by atoms with van der Waals surface area (Å²) in [5.74, 6) is -0.552. The highest BCUT2D eigenvalue weighted by Crippen LogP contribution is 2.23. The predicted molar refractivity (Wildman–Crippen MR) is 88.5 cm³/mol. The number of nitrogens with one attached hydrogen (secondary N) is 1. The summed E-state index contributed by atoms with van der Waals surface area (Å²) in [6.07, 6.45) is 2.01. The highest BCUT2D eigenvalue weighted by atomic mass is 19.1. The van der Waals surface area contributed by atoms with Crippen molar-refractivity contribution < 1.29 is 13.9 Å². The molecule has 0 saturated carbocycles. The van der Waals surface area contributed by atoms with Crippen LogP contribution in [0.3, 0.4) is 0 Å². The Bertz CT molecular complexity index is 871. The van der Waals surface area contributed by atoms with E-state index in [9.17, 15) is 9.18 Å². The van der Waals surface area contributed by atoms with Gasteiger partial charge >= 0.3 is 0 Å². The van der Waals surface area contributed by atoms with Crippen LogP contribution in [0.25, 0.3) is 10.9 Å². The van der Waals surface area contributed by atoms with Gasteiger partial charge in [-0.15, -0.1) is 0 Å². The van der Waals surface area contributed by atoms with Crippen LogP contribution in [0.5, 0.6) is 5.75 Å². The molecule has 1 amide bonds. The zero-order valence-electron chi connectivity index (χ0n) is 13.0. The molecule has 0 aliphatic carbocycles. The maximum Gasteiger partial charge on any atom is 0.259 e. The van der Waals surface area contributed by atoms with Crippen LogP contribution in [0.2, 0.25) is 0 Å². The summed E-state index contributed by atoms with van der Waals surface area (Å²) in [7, 11) is 1.45. The van der Waals surface area contributed by atoms with Gasteiger partial charge in [0.15, 0.2) is 0 Å². The van der Waals surface area contributed by atoms with Crippen molar-refractivity contribution >= 4 is 22.5 Å². The Hall–Kier alpha value is -2.82. The van der Waals surface area contributed by atoms with Gasteiger partial charge in [-0.2, -0.15) is 0 Å². The Morgan fingerprint density at radius 1 is 1.22 bits per heavy atom. The molecular weight excluding hydrogens is 295 g/mol. The standard InChI is InChI=1S/C18H17FN2O2/c1-3-21-9-8-12-10-14(5-6-16(12)21)20-18(22)15-11-13(19)4-7-17(15)23-2/h4-11H,3H2,1-2H3,(H,20,22). The van der Waals surface area contributed by atoms with Crippen molar-refractivity contribution in [2.24, 2.45) is 0 Å². The largest absolute Gasteiger partial charge is 0.496 e. The molecule has 0 aliphatic rings. The van der Waals surface area contributed by atoms with E-state index >= 15 is 0 Å². The molecule has 0 fully saturated rings. The molecular formula is C18H17FN2O2. The number of fused-ring (bicyclic) bond motifs is 1. The summed E-state index contributed by atoms with van der Waals surface area (Å²) >= 11 is 0.